The summed E-state index contributed by atoms with van der Waals surface area (Å²) >= 11 is 0. The van der Waals surface area contributed by atoms with E-state index in [0.29, 0.717) is 18.3 Å². The van der Waals surface area contributed by atoms with Crippen LogP contribution in [0.25, 0.3) is 22.8 Å². The smallest absolute Gasteiger partial charge is 0.259 e. The molecule has 0 bridgehead atoms. The molecule has 6 nitrogen and oxygen atoms in total. The predicted octanol–water partition coefficient (Wildman–Crippen LogP) is 3.07. The topological polar surface area (TPSA) is 75.3 Å². The first kappa shape index (κ1) is 15.8. The number of hydrogen-bond donors (Lipinski definition) is 1. The predicted molar refractivity (Wildman–Crippen MR) is 95.2 cm³/mol. The molecular weight excluding hydrogens is 316 g/mol. The second-order valence-corrected chi connectivity index (χ2v) is 6.39. The van der Waals surface area contributed by atoms with Gasteiger partial charge in [0.1, 0.15) is 5.82 Å². The maximum Gasteiger partial charge on any atom is 0.259 e. The van der Waals surface area contributed by atoms with Gasteiger partial charge in [-0.3, -0.25) is 0 Å². The lowest BCUT2D eigenvalue weighted by Crippen LogP contribution is -2.38. The molecule has 3 heterocycles. The van der Waals surface area contributed by atoms with Gasteiger partial charge in [-0.25, -0.2) is 4.98 Å². The fraction of sp³-hybridized carbons (Fsp3) is 0.316. The van der Waals surface area contributed by atoms with Crippen LogP contribution in [0, 0.1) is 6.92 Å². The normalized spacial score (nSPS) is 17.7. The number of nitrogens with zero attached hydrogens (tertiary/aromatic N) is 4. The Balaban J connectivity index is 1.56. The Morgan fingerprint density at radius 2 is 2.08 bits per heavy atom. The Morgan fingerprint density at radius 1 is 1.20 bits per heavy atom. The van der Waals surface area contributed by atoms with Crippen molar-refractivity contribution in [2.45, 2.75) is 25.9 Å². The van der Waals surface area contributed by atoms with Crippen molar-refractivity contribution in [3.05, 3.63) is 48.2 Å². The third-order valence-electron chi connectivity index (χ3n) is 4.53. The van der Waals surface area contributed by atoms with Crippen LogP contribution in [-0.4, -0.2) is 39.4 Å². The van der Waals surface area contributed by atoms with Gasteiger partial charge in [-0.2, -0.15) is 4.98 Å². The number of hydrogen-bond acceptors (Lipinski definition) is 6. The Hall–Kier alpha value is -2.73. The van der Waals surface area contributed by atoms with Gasteiger partial charge in [0.15, 0.2) is 0 Å². The highest BCUT2D eigenvalue weighted by Gasteiger charge is 2.19. The Morgan fingerprint density at radius 3 is 2.84 bits per heavy atom. The minimum Gasteiger partial charge on any atom is -0.391 e. The van der Waals surface area contributed by atoms with Crippen molar-refractivity contribution >= 4 is 5.82 Å². The molecule has 25 heavy (non-hydrogen) atoms. The van der Waals surface area contributed by atoms with Crippen LogP contribution < -0.4 is 4.90 Å². The molecule has 0 spiro atoms. The maximum absolute atomic E-state index is 9.80. The van der Waals surface area contributed by atoms with Gasteiger partial charge in [0.2, 0.25) is 5.82 Å². The van der Waals surface area contributed by atoms with Crippen molar-refractivity contribution in [2.75, 3.05) is 18.0 Å². The summed E-state index contributed by atoms with van der Waals surface area (Å²) in [4.78, 5) is 11.1. The number of aryl methyl sites for hydroxylation is 1. The van der Waals surface area contributed by atoms with Gasteiger partial charge in [0, 0.05) is 24.8 Å². The van der Waals surface area contributed by atoms with E-state index in [2.05, 4.69) is 20.0 Å². The summed E-state index contributed by atoms with van der Waals surface area (Å²) in [5, 5.41) is 13.9. The Bertz CT molecular complexity index is 860. The van der Waals surface area contributed by atoms with Crippen molar-refractivity contribution in [3.63, 3.8) is 0 Å². The summed E-state index contributed by atoms with van der Waals surface area (Å²) in [5.74, 6) is 1.90. The molecule has 6 heteroatoms. The van der Waals surface area contributed by atoms with Gasteiger partial charge in [0.25, 0.3) is 5.89 Å². The molecule has 3 aromatic rings. The van der Waals surface area contributed by atoms with Gasteiger partial charge in [-0.15, -0.1) is 0 Å². The number of piperidine rings is 1. The average Bonchev–Trinajstić information content (AvgIpc) is 3.12. The fourth-order valence-corrected chi connectivity index (χ4v) is 3.14. The number of aromatic nitrogens is 3. The SMILES string of the molecule is Cc1ccccc1-c1noc(-c2ccc(N3CCC[C@H](O)C3)nc2)n1. The van der Waals surface area contributed by atoms with Crippen molar-refractivity contribution in [1.82, 2.24) is 15.1 Å². The first-order valence-electron chi connectivity index (χ1n) is 8.50. The Kier molecular flexibility index (Phi) is 4.19. The zero-order chi connectivity index (χ0) is 17.2. The van der Waals surface area contributed by atoms with Crippen molar-refractivity contribution in [3.8, 4) is 22.8 Å². The summed E-state index contributed by atoms with van der Waals surface area (Å²) in [7, 11) is 0. The molecule has 128 valence electrons. The number of aliphatic hydroxyl groups is 1. The molecule has 1 fully saturated rings. The quantitative estimate of drug-likeness (QED) is 0.792. The van der Waals surface area contributed by atoms with Crippen LogP contribution in [0.5, 0.6) is 0 Å². The summed E-state index contributed by atoms with van der Waals surface area (Å²) < 4.78 is 5.41. The summed E-state index contributed by atoms with van der Waals surface area (Å²) in [5.41, 5.74) is 2.85. The second kappa shape index (κ2) is 6.64. The fourth-order valence-electron chi connectivity index (χ4n) is 3.14. The van der Waals surface area contributed by atoms with Crippen molar-refractivity contribution in [1.29, 1.82) is 0 Å². The van der Waals surface area contributed by atoms with E-state index in [-0.39, 0.29) is 6.10 Å². The highest BCUT2D eigenvalue weighted by molar-refractivity contribution is 5.62. The monoisotopic (exact) mass is 336 g/mol. The molecule has 0 unspecified atom stereocenters. The third kappa shape index (κ3) is 3.25. The van der Waals surface area contributed by atoms with Crippen LogP contribution in [0.2, 0.25) is 0 Å². The van der Waals surface area contributed by atoms with E-state index in [4.69, 9.17) is 4.52 Å². The second-order valence-electron chi connectivity index (χ2n) is 6.39. The number of pyridine rings is 1. The number of rotatable bonds is 3. The molecule has 0 amide bonds. The van der Waals surface area contributed by atoms with Gasteiger partial charge >= 0.3 is 0 Å². The number of anilines is 1. The molecule has 1 aromatic carbocycles. The van der Waals surface area contributed by atoms with Crippen molar-refractivity contribution in [2.24, 2.45) is 0 Å². The zero-order valence-corrected chi connectivity index (χ0v) is 14.1. The highest BCUT2D eigenvalue weighted by atomic mass is 16.5. The lowest BCUT2D eigenvalue weighted by atomic mass is 10.1. The van der Waals surface area contributed by atoms with E-state index in [1.807, 2.05) is 43.3 Å². The standard InChI is InChI=1S/C19H20N4O2/c1-13-5-2-3-7-16(13)18-21-19(25-22-18)14-8-9-17(20-11-14)23-10-4-6-15(24)12-23/h2-3,5,7-9,11,15,24H,4,6,10,12H2,1H3/t15-/m0/s1. The molecule has 1 aliphatic heterocycles. The van der Waals surface area contributed by atoms with E-state index >= 15 is 0 Å². The van der Waals surface area contributed by atoms with Gasteiger partial charge in [-0.1, -0.05) is 29.4 Å². The molecular formula is C19H20N4O2. The van der Waals surface area contributed by atoms with Crippen molar-refractivity contribution < 1.29 is 9.63 Å². The summed E-state index contributed by atoms with van der Waals surface area (Å²) in [6, 6.07) is 11.8. The molecule has 1 aliphatic rings. The lowest BCUT2D eigenvalue weighted by Gasteiger charge is -2.30. The minimum absolute atomic E-state index is 0.275. The highest BCUT2D eigenvalue weighted by Crippen LogP contribution is 2.25. The Labute approximate surface area is 146 Å². The van der Waals surface area contributed by atoms with E-state index in [1.54, 1.807) is 6.20 Å². The van der Waals surface area contributed by atoms with Gasteiger partial charge in [-0.05, 0) is 37.5 Å². The maximum atomic E-state index is 9.80. The summed E-state index contributed by atoms with van der Waals surface area (Å²) in [6.45, 7) is 3.57. The minimum atomic E-state index is -0.275. The average molecular weight is 336 g/mol. The van der Waals surface area contributed by atoms with Crippen LogP contribution in [0.4, 0.5) is 5.82 Å². The largest absolute Gasteiger partial charge is 0.391 e. The van der Waals surface area contributed by atoms with E-state index < -0.39 is 0 Å². The van der Waals surface area contributed by atoms with Crippen LogP contribution in [-0.2, 0) is 0 Å². The number of benzene rings is 1. The van der Waals surface area contributed by atoms with Gasteiger partial charge < -0.3 is 14.5 Å². The first-order valence-corrected chi connectivity index (χ1v) is 8.50. The molecule has 1 saturated heterocycles. The molecule has 1 N–H and O–H groups in total. The molecule has 0 aliphatic carbocycles. The number of β-amino-alcohol motifs (C(OH)–C–C–N with tert-alkyl or cyclic N) is 1. The van der Waals surface area contributed by atoms with Crippen LogP contribution >= 0.6 is 0 Å². The van der Waals surface area contributed by atoms with Crippen LogP contribution in [0.15, 0.2) is 47.1 Å². The number of aliphatic hydroxyl groups excluding tert-OH is 1. The van der Waals surface area contributed by atoms with Crippen LogP contribution in [0.1, 0.15) is 18.4 Å². The van der Waals surface area contributed by atoms with E-state index in [1.165, 1.54) is 0 Å². The van der Waals surface area contributed by atoms with Gasteiger partial charge in [0.05, 0.1) is 11.7 Å². The molecule has 0 saturated carbocycles. The van der Waals surface area contributed by atoms with Crippen LogP contribution in [0.3, 0.4) is 0 Å². The molecule has 4 rings (SSSR count). The third-order valence-corrected chi connectivity index (χ3v) is 4.53. The zero-order valence-electron chi connectivity index (χ0n) is 14.1. The first-order chi connectivity index (χ1) is 12.2. The molecule has 0 radical (unpaired) electrons. The van der Waals surface area contributed by atoms with E-state index in [9.17, 15) is 5.11 Å². The van der Waals surface area contributed by atoms with E-state index in [0.717, 1.165) is 41.9 Å². The molecule has 1 atom stereocenters. The summed E-state index contributed by atoms with van der Waals surface area (Å²) in [6.07, 6.45) is 3.31. The lowest BCUT2D eigenvalue weighted by molar-refractivity contribution is 0.154. The molecule has 2 aromatic heterocycles.